The molecule has 1 fully saturated rings. The van der Waals surface area contributed by atoms with Gasteiger partial charge in [-0.15, -0.1) is 0 Å². The Hall–Kier alpha value is -2.61. The van der Waals surface area contributed by atoms with Gasteiger partial charge in [-0.05, 0) is 18.4 Å². The summed E-state index contributed by atoms with van der Waals surface area (Å²) in [6.07, 6.45) is 4.70. The van der Waals surface area contributed by atoms with E-state index >= 15 is 0 Å². The number of nitrogens with one attached hydrogen (secondary N) is 1. The van der Waals surface area contributed by atoms with Crippen LogP contribution in [0.15, 0.2) is 45.1 Å². The monoisotopic (exact) mass is 369 g/mol. The molecule has 3 aromatic rings. The average molecular weight is 369 g/mol. The first-order valence-electron chi connectivity index (χ1n) is 8.63. The van der Waals surface area contributed by atoms with Crippen molar-refractivity contribution in [2.24, 2.45) is 0 Å². The molecule has 0 saturated heterocycles. The van der Waals surface area contributed by atoms with Crippen LogP contribution in [0.3, 0.4) is 0 Å². The molecule has 0 unspecified atom stereocenters. The highest BCUT2D eigenvalue weighted by molar-refractivity contribution is 7.99. The molecule has 0 atom stereocenters. The smallest absolute Gasteiger partial charge is 0.318 e. The van der Waals surface area contributed by atoms with Crippen molar-refractivity contribution in [1.82, 2.24) is 19.5 Å². The number of H-pyrrole nitrogens is 1. The number of nitrogens with zero attached hydrogens (tertiary/aromatic N) is 3. The molecular formula is C18H19N5O2S. The molecule has 0 amide bonds. The Labute approximate surface area is 153 Å². The topological polar surface area (TPSA) is 107 Å². The lowest BCUT2D eigenvalue weighted by molar-refractivity contribution is 0.754. The van der Waals surface area contributed by atoms with Crippen LogP contribution in [0.2, 0.25) is 0 Å². The van der Waals surface area contributed by atoms with E-state index in [0.717, 1.165) is 18.4 Å². The summed E-state index contributed by atoms with van der Waals surface area (Å²) in [7, 11) is 0. The van der Waals surface area contributed by atoms with Crippen LogP contribution >= 0.6 is 11.8 Å². The molecule has 134 valence electrons. The second-order valence-corrected chi connectivity index (χ2v) is 7.71. The number of thioether (sulfide) groups is 1. The first-order valence-corrected chi connectivity index (χ1v) is 9.51. The Morgan fingerprint density at radius 2 is 1.88 bits per heavy atom. The van der Waals surface area contributed by atoms with E-state index in [9.17, 15) is 9.59 Å². The Balaban J connectivity index is 1.84. The number of hydrogen-bond acceptors (Lipinski definition) is 6. The number of fused-ring (bicyclic) bond motifs is 1. The van der Waals surface area contributed by atoms with Crippen molar-refractivity contribution in [2.45, 2.75) is 42.6 Å². The van der Waals surface area contributed by atoms with Gasteiger partial charge in [0.25, 0.3) is 0 Å². The molecule has 2 heterocycles. The van der Waals surface area contributed by atoms with Gasteiger partial charge in [-0.25, -0.2) is 9.97 Å². The third-order valence-corrected chi connectivity index (χ3v) is 5.79. The summed E-state index contributed by atoms with van der Waals surface area (Å²) in [6.45, 7) is 0.254. The average Bonchev–Trinajstić information content (AvgIpc) is 3.14. The first kappa shape index (κ1) is 16.8. The van der Waals surface area contributed by atoms with Crippen LogP contribution < -0.4 is 16.9 Å². The molecule has 1 aliphatic rings. The van der Waals surface area contributed by atoms with Crippen molar-refractivity contribution in [2.75, 3.05) is 5.73 Å². The van der Waals surface area contributed by atoms with E-state index in [4.69, 9.17) is 5.73 Å². The van der Waals surface area contributed by atoms with Crippen molar-refractivity contribution in [3.8, 4) is 0 Å². The molecule has 0 bridgehead atoms. The molecule has 0 spiro atoms. The van der Waals surface area contributed by atoms with Gasteiger partial charge < -0.3 is 10.7 Å². The second kappa shape index (κ2) is 6.95. The lowest BCUT2D eigenvalue weighted by Gasteiger charge is -2.12. The van der Waals surface area contributed by atoms with Gasteiger partial charge in [0, 0.05) is 5.25 Å². The van der Waals surface area contributed by atoms with Crippen LogP contribution in [-0.2, 0) is 6.54 Å². The number of hydrogen-bond donors (Lipinski definition) is 2. The lowest BCUT2D eigenvalue weighted by atomic mass is 10.2. The fourth-order valence-corrected chi connectivity index (χ4v) is 4.42. The van der Waals surface area contributed by atoms with Crippen LogP contribution in [0.4, 0.5) is 5.82 Å². The summed E-state index contributed by atoms with van der Waals surface area (Å²) in [6, 6.07) is 9.48. The third kappa shape index (κ3) is 3.24. The van der Waals surface area contributed by atoms with Gasteiger partial charge in [-0.2, -0.15) is 0 Å². The summed E-state index contributed by atoms with van der Waals surface area (Å²) in [5, 5.41) is 1.03. The summed E-state index contributed by atoms with van der Waals surface area (Å²) in [5.41, 5.74) is 6.28. The Morgan fingerprint density at radius 1 is 1.15 bits per heavy atom. The number of rotatable bonds is 4. The standard InChI is InChI=1S/C18H19N5O2S/c19-14-13-15(22-18(21-14)26-12-8-4-5-9-12)23(17(25)16(24)20-13)10-11-6-2-1-3-7-11/h1-3,6-7,12H,4-5,8-10H2,(H,20,24)(H2,19,21,22). The lowest BCUT2D eigenvalue weighted by Crippen LogP contribution is -2.37. The Morgan fingerprint density at radius 3 is 2.62 bits per heavy atom. The number of nitrogens with two attached hydrogens (primary N) is 1. The minimum atomic E-state index is -0.722. The van der Waals surface area contributed by atoms with Gasteiger partial charge in [-0.1, -0.05) is 54.9 Å². The van der Waals surface area contributed by atoms with Crippen LogP contribution in [-0.4, -0.2) is 24.8 Å². The SMILES string of the molecule is Nc1nc(SC2CCCC2)nc2c1[nH]c(=O)c(=O)n2Cc1ccccc1. The predicted molar refractivity (Wildman–Crippen MR) is 102 cm³/mol. The molecule has 8 heteroatoms. The van der Waals surface area contributed by atoms with E-state index in [1.54, 1.807) is 11.8 Å². The van der Waals surface area contributed by atoms with E-state index in [1.165, 1.54) is 17.4 Å². The maximum Gasteiger partial charge on any atom is 0.318 e. The normalized spacial score (nSPS) is 14.9. The highest BCUT2D eigenvalue weighted by Crippen LogP contribution is 2.33. The van der Waals surface area contributed by atoms with Crippen molar-refractivity contribution >= 4 is 28.7 Å². The third-order valence-electron chi connectivity index (χ3n) is 4.59. The molecule has 4 rings (SSSR count). The molecular weight excluding hydrogens is 350 g/mol. The number of nitrogen functional groups attached to an aromatic ring is 1. The summed E-state index contributed by atoms with van der Waals surface area (Å²) in [4.78, 5) is 35.9. The maximum atomic E-state index is 12.5. The summed E-state index contributed by atoms with van der Waals surface area (Å²) >= 11 is 1.60. The number of anilines is 1. The van der Waals surface area contributed by atoms with E-state index in [0.29, 0.717) is 21.6 Å². The maximum absolute atomic E-state index is 12.5. The van der Waals surface area contributed by atoms with Crippen LogP contribution in [0, 0.1) is 0 Å². The van der Waals surface area contributed by atoms with Crippen LogP contribution in [0.1, 0.15) is 31.2 Å². The van der Waals surface area contributed by atoms with Crippen molar-refractivity contribution < 1.29 is 0 Å². The van der Waals surface area contributed by atoms with Crippen molar-refractivity contribution in [3.63, 3.8) is 0 Å². The number of aromatic amines is 1. The molecule has 7 nitrogen and oxygen atoms in total. The minimum absolute atomic E-state index is 0.189. The minimum Gasteiger partial charge on any atom is -0.382 e. The van der Waals surface area contributed by atoms with Crippen molar-refractivity contribution in [3.05, 3.63) is 56.6 Å². The summed E-state index contributed by atoms with van der Waals surface area (Å²) in [5.74, 6) is 0.189. The fourth-order valence-electron chi connectivity index (χ4n) is 3.27. The van der Waals surface area contributed by atoms with E-state index in [1.807, 2.05) is 30.3 Å². The largest absolute Gasteiger partial charge is 0.382 e. The number of benzene rings is 1. The van der Waals surface area contributed by atoms with E-state index in [-0.39, 0.29) is 12.4 Å². The predicted octanol–water partition coefficient (Wildman–Crippen LogP) is 2.14. The van der Waals surface area contributed by atoms with E-state index < -0.39 is 11.1 Å². The molecule has 3 N–H and O–H groups in total. The van der Waals surface area contributed by atoms with Gasteiger partial charge in [0.1, 0.15) is 5.52 Å². The summed E-state index contributed by atoms with van der Waals surface area (Å²) < 4.78 is 1.38. The number of aromatic nitrogens is 4. The molecule has 1 aliphatic carbocycles. The van der Waals surface area contributed by atoms with Gasteiger partial charge in [0.15, 0.2) is 16.6 Å². The van der Waals surface area contributed by atoms with Crippen LogP contribution in [0.25, 0.3) is 11.2 Å². The molecule has 0 aliphatic heterocycles. The quantitative estimate of drug-likeness (QED) is 0.539. The van der Waals surface area contributed by atoms with Gasteiger partial charge >= 0.3 is 11.1 Å². The molecule has 26 heavy (non-hydrogen) atoms. The highest BCUT2D eigenvalue weighted by Gasteiger charge is 2.20. The Bertz CT molecular complexity index is 1050. The highest BCUT2D eigenvalue weighted by atomic mass is 32.2. The zero-order chi connectivity index (χ0) is 18.1. The molecule has 1 saturated carbocycles. The van der Waals surface area contributed by atoms with Gasteiger partial charge in [0.05, 0.1) is 6.54 Å². The van der Waals surface area contributed by atoms with Gasteiger partial charge in [0.2, 0.25) is 0 Å². The fraction of sp³-hybridized carbons (Fsp3) is 0.333. The molecule has 0 radical (unpaired) electrons. The van der Waals surface area contributed by atoms with Crippen molar-refractivity contribution in [1.29, 1.82) is 0 Å². The first-order chi connectivity index (χ1) is 12.6. The Kier molecular flexibility index (Phi) is 4.50. The van der Waals surface area contributed by atoms with Crippen LogP contribution in [0.5, 0.6) is 0 Å². The van der Waals surface area contributed by atoms with E-state index in [2.05, 4.69) is 15.0 Å². The second-order valence-electron chi connectivity index (χ2n) is 6.45. The zero-order valence-corrected chi connectivity index (χ0v) is 15.0. The molecule has 1 aromatic carbocycles. The van der Waals surface area contributed by atoms with Gasteiger partial charge in [-0.3, -0.25) is 14.2 Å². The molecule has 2 aromatic heterocycles. The zero-order valence-electron chi connectivity index (χ0n) is 14.1.